The summed E-state index contributed by atoms with van der Waals surface area (Å²) in [5.74, 6) is -0.258. The van der Waals surface area contributed by atoms with Crippen LogP contribution in [0.4, 0.5) is 10.1 Å². The molecule has 1 N–H and O–H groups in total. The van der Waals surface area contributed by atoms with Crippen LogP contribution in [-0.2, 0) is 17.9 Å². The predicted molar refractivity (Wildman–Crippen MR) is 131 cm³/mol. The number of aryl methyl sites for hydroxylation is 1. The molecule has 0 atom stereocenters. The first kappa shape index (κ1) is 25.0. The largest absolute Gasteiger partial charge is 0.486 e. The number of nitrogens with zero attached hydrogens (tertiary/aromatic N) is 2. The number of aromatic nitrogens is 2. The first-order chi connectivity index (χ1) is 17.3. The summed E-state index contributed by atoms with van der Waals surface area (Å²) in [5, 5.41) is 7.54. The average molecular weight is 512 g/mol. The van der Waals surface area contributed by atoms with Crippen LogP contribution >= 0.6 is 11.6 Å². The smallest absolute Gasteiger partial charge is 0.337 e. The maximum Gasteiger partial charge on any atom is 0.337 e. The van der Waals surface area contributed by atoms with E-state index in [1.165, 1.54) is 19.2 Å². The van der Waals surface area contributed by atoms with E-state index in [1.54, 1.807) is 61.0 Å². The number of hydrogen-bond donors (Lipinski definition) is 1. The van der Waals surface area contributed by atoms with Gasteiger partial charge in [0.05, 0.1) is 36.3 Å². The van der Waals surface area contributed by atoms with Crippen molar-refractivity contribution in [3.8, 4) is 5.75 Å². The van der Waals surface area contributed by atoms with Crippen LogP contribution in [-0.4, -0.2) is 28.8 Å². The molecule has 0 aliphatic heterocycles. The summed E-state index contributed by atoms with van der Waals surface area (Å²) in [7, 11) is 1.31. The maximum absolute atomic E-state index is 14.2. The number of hydrogen-bond acceptors (Lipinski definition) is 6. The lowest BCUT2D eigenvalue weighted by Gasteiger charge is -2.09. The molecule has 4 rings (SSSR count). The molecule has 36 heavy (non-hydrogen) atoms. The average Bonchev–Trinajstić information content (AvgIpc) is 3.45. The van der Waals surface area contributed by atoms with Crippen LogP contribution < -0.4 is 10.1 Å². The lowest BCUT2D eigenvalue weighted by Crippen LogP contribution is -2.13. The SMILES string of the molecule is COC(=O)c1ccc(OCc2ccc(C(=O)Nc3c(C)nn(Cc4c(F)cccc4Cl)c3C)o2)cc1. The minimum absolute atomic E-state index is 0.0875. The van der Waals surface area contributed by atoms with Gasteiger partial charge in [-0.15, -0.1) is 0 Å². The molecule has 186 valence electrons. The number of halogens is 2. The lowest BCUT2D eigenvalue weighted by molar-refractivity contribution is 0.0600. The zero-order valence-electron chi connectivity index (χ0n) is 19.8. The Hall–Kier alpha value is -4.11. The molecule has 8 nitrogen and oxygen atoms in total. The molecule has 0 aliphatic rings. The molecule has 0 spiro atoms. The molecule has 2 heterocycles. The fourth-order valence-corrected chi connectivity index (χ4v) is 3.80. The summed E-state index contributed by atoms with van der Waals surface area (Å²) < 4.78 is 31.7. The third kappa shape index (κ3) is 5.41. The van der Waals surface area contributed by atoms with Gasteiger partial charge < -0.3 is 19.2 Å². The molecule has 0 unspecified atom stereocenters. The van der Waals surface area contributed by atoms with Crippen LogP contribution in [0.1, 0.15) is 43.6 Å². The number of anilines is 1. The second-order valence-electron chi connectivity index (χ2n) is 7.93. The van der Waals surface area contributed by atoms with E-state index in [2.05, 4.69) is 15.2 Å². The van der Waals surface area contributed by atoms with Gasteiger partial charge >= 0.3 is 5.97 Å². The molecule has 1 amide bonds. The summed E-state index contributed by atoms with van der Waals surface area (Å²) in [4.78, 5) is 24.3. The van der Waals surface area contributed by atoms with Gasteiger partial charge in [-0.25, -0.2) is 9.18 Å². The van der Waals surface area contributed by atoms with Crippen molar-refractivity contribution in [2.24, 2.45) is 0 Å². The van der Waals surface area contributed by atoms with Crippen molar-refractivity contribution in [3.63, 3.8) is 0 Å². The van der Waals surface area contributed by atoms with Crippen LogP contribution in [0.15, 0.2) is 59.0 Å². The number of esters is 1. The molecule has 0 saturated carbocycles. The highest BCUT2D eigenvalue weighted by atomic mass is 35.5. The van der Waals surface area contributed by atoms with E-state index in [-0.39, 0.29) is 18.9 Å². The van der Waals surface area contributed by atoms with E-state index >= 15 is 0 Å². The van der Waals surface area contributed by atoms with E-state index in [0.29, 0.717) is 44.7 Å². The number of carbonyl (C=O) groups is 2. The van der Waals surface area contributed by atoms with Gasteiger partial charge in [0.15, 0.2) is 5.76 Å². The van der Waals surface area contributed by atoms with Crippen molar-refractivity contribution < 1.29 is 27.9 Å². The molecular weight excluding hydrogens is 489 g/mol. The van der Waals surface area contributed by atoms with Crippen LogP contribution in [0.2, 0.25) is 5.02 Å². The first-order valence-corrected chi connectivity index (χ1v) is 11.3. The van der Waals surface area contributed by atoms with Crippen molar-refractivity contribution in [3.05, 3.63) is 99.5 Å². The lowest BCUT2D eigenvalue weighted by atomic mass is 10.2. The van der Waals surface area contributed by atoms with Gasteiger partial charge in [0, 0.05) is 10.6 Å². The van der Waals surface area contributed by atoms with E-state index in [1.807, 2.05) is 0 Å². The van der Waals surface area contributed by atoms with E-state index in [4.69, 9.17) is 20.8 Å². The zero-order chi connectivity index (χ0) is 25.8. The Morgan fingerprint density at radius 1 is 1.11 bits per heavy atom. The fourth-order valence-electron chi connectivity index (χ4n) is 3.58. The van der Waals surface area contributed by atoms with Gasteiger partial charge in [0.1, 0.15) is 23.9 Å². The highest BCUT2D eigenvalue weighted by Gasteiger charge is 2.19. The Kier molecular flexibility index (Phi) is 7.40. The molecule has 0 saturated heterocycles. The van der Waals surface area contributed by atoms with Crippen molar-refractivity contribution in [2.75, 3.05) is 12.4 Å². The summed E-state index contributed by atoms with van der Waals surface area (Å²) in [5.41, 5.74) is 2.45. The quantitative estimate of drug-likeness (QED) is 0.311. The van der Waals surface area contributed by atoms with Gasteiger partial charge in [-0.05, 0) is 62.4 Å². The molecule has 0 fully saturated rings. The Morgan fingerprint density at radius 2 is 1.86 bits per heavy atom. The number of benzene rings is 2. The predicted octanol–water partition coefficient (Wildman–Crippen LogP) is 5.55. The third-order valence-corrected chi connectivity index (χ3v) is 5.89. The maximum atomic E-state index is 14.2. The summed E-state index contributed by atoms with van der Waals surface area (Å²) in [6, 6.07) is 14.1. The molecule has 10 heteroatoms. The van der Waals surface area contributed by atoms with Crippen molar-refractivity contribution in [2.45, 2.75) is 27.0 Å². The molecular formula is C26H23ClFN3O5. The van der Waals surface area contributed by atoms with Crippen LogP contribution in [0, 0.1) is 19.7 Å². The van der Waals surface area contributed by atoms with Gasteiger partial charge in [-0.2, -0.15) is 5.10 Å². The standard InChI is InChI=1S/C26H23ClFN3O5/c1-15-24(16(2)31(30-15)13-20-21(27)5-4-6-22(20)28)29-25(32)23-12-11-19(36-23)14-35-18-9-7-17(8-10-18)26(33)34-3/h4-12H,13-14H2,1-3H3,(H,29,32). The van der Waals surface area contributed by atoms with Crippen LogP contribution in [0.25, 0.3) is 0 Å². The second kappa shape index (κ2) is 10.7. The van der Waals surface area contributed by atoms with E-state index < -0.39 is 17.7 Å². The van der Waals surface area contributed by atoms with Crippen LogP contribution in [0.3, 0.4) is 0 Å². The second-order valence-corrected chi connectivity index (χ2v) is 8.34. The summed E-state index contributed by atoms with van der Waals surface area (Å²) in [6.07, 6.45) is 0. The van der Waals surface area contributed by atoms with Crippen molar-refractivity contribution >= 4 is 29.2 Å². The van der Waals surface area contributed by atoms with Gasteiger partial charge in [0.2, 0.25) is 0 Å². The van der Waals surface area contributed by atoms with Gasteiger partial charge in [0.25, 0.3) is 5.91 Å². The minimum Gasteiger partial charge on any atom is -0.486 e. The van der Waals surface area contributed by atoms with Gasteiger partial charge in [-0.1, -0.05) is 17.7 Å². The number of methoxy groups -OCH3 is 1. The molecule has 0 aliphatic carbocycles. The van der Waals surface area contributed by atoms with E-state index in [0.717, 1.165) is 0 Å². The molecule has 0 radical (unpaired) electrons. The number of amides is 1. The molecule has 2 aromatic heterocycles. The Morgan fingerprint density at radius 3 is 2.56 bits per heavy atom. The summed E-state index contributed by atoms with van der Waals surface area (Å²) >= 11 is 6.14. The van der Waals surface area contributed by atoms with Crippen LogP contribution in [0.5, 0.6) is 5.75 Å². The molecule has 4 aromatic rings. The third-order valence-electron chi connectivity index (χ3n) is 5.53. The molecule has 0 bridgehead atoms. The van der Waals surface area contributed by atoms with Crippen molar-refractivity contribution in [1.29, 1.82) is 0 Å². The number of furan rings is 1. The topological polar surface area (TPSA) is 95.6 Å². The number of nitrogens with one attached hydrogen (secondary N) is 1. The number of ether oxygens (including phenoxy) is 2. The fraction of sp³-hybridized carbons (Fsp3) is 0.192. The highest BCUT2D eigenvalue weighted by Crippen LogP contribution is 2.25. The highest BCUT2D eigenvalue weighted by molar-refractivity contribution is 6.31. The Balaban J connectivity index is 1.40. The normalized spacial score (nSPS) is 10.8. The number of rotatable bonds is 8. The first-order valence-electron chi connectivity index (χ1n) is 10.9. The minimum atomic E-state index is -0.460. The zero-order valence-corrected chi connectivity index (χ0v) is 20.6. The van der Waals surface area contributed by atoms with Gasteiger partial charge in [-0.3, -0.25) is 9.48 Å². The Bertz CT molecular complexity index is 1390. The number of carbonyl (C=O) groups excluding carboxylic acids is 2. The van der Waals surface area contributed by atoms with Crippen molar-refractivity contribution in [1.82, 2.24) is 9.78 Å². The Labute approximate surface area is 211 Å². The summed E-state index contributed by atoms with van der Waals surface area (Å²) in [6.45, 7) is 3.73. The van der Waals surface area contributed by atoms with E-state index in [9.17, 15) is 14.0 Å². The monoisotopic (exact) mass is 511 g/mol. The molecule has 2 aromatic carbocycles.